The van der Waals surface area contributed by atoms with Gasteiger partial charge in [0, 0.05) is 32.0 Å². The number of rotatable bonds is 43. The molecule has 2 aliphatic carbocycles. The lowest BCUT2D eigenvalue weighted by Crippen LogP contribution is -2.32. The van der Waals surface area contributed by atoms with Crippen molar-refractivity contribution >= 4 is 12.2 Å². The SMILES string of the molecule is CN(CCOCCOCCOCCOCCOCCOCCOCCOCCOCCOCCOCCOCCNC(=O)OCC1c2ccccc2-c2ccccc21)C(=O)OCC1c2ccccc2-c2ccccc21. The molecule has 0 spiro atoms. The topological polar surface area (TPSA) is 179 Å². The van der Waals surface area contributed by atoms with Gasteiger partial charge in [-0.15, -0.1) is 0 Å². The van der Waals surface area contributed by atoms with E-state index in [0.717, 1.165) is 0 Å². The second-order valence-corrected chi connectivity index (χ2v) is 17.3. The van der Waals surface area contributed by atoms with E-state index in [9.17, 15) is 9.59 Å². The van der Waals surface area contributed by atoms with Gasteiger partial charge in [0.2, 0.25) is 0 Å². The summed E-state index contributed by atoms with van der Waals surface area (Å²) in [5.74, 6) is 0.0597. The first-order valence-electron chi connectivity index (χ1n) is 26.2. The van der Waals surface area contributed by atoms with Crippen molar-refractivity contribution in [3.8, 4) is 22.3 Å². The Morgan fingerprint density at radius 2 is 0.613 bits per heavy atom. The van der Waals surface area contributed by atoms with E-state index in [0.29, 0.717) is 178 Å². The summed E-state index contributed by atoms with van der Waals surface area (Å²) in [5.41, 5.74) is 9.53. The molecule has 0 saturated carbocycles. The molecule has 0 radical (unpaired) electrons. The molecule has 2 amide bonds. The number of carbonyl (C=O) groups is 2. The highest BCUT2D eigenvalue weighted by atomic mass is 16.6. The van der Waals surface area contributed by atoms with E-state index in [1.54, 1.807) is 7.05 Å². The molecule has 0 unspecified atom stereocenters. The Morgan fingerprint density at radius 3 is 0.920 bits per heavy atom. The highest BCUT2D eigenvalue weighted by Crippen LogP contribution is 2.45. The van der Waals surface area contributed by atoms with Crippen LogP contribution in [0.15, 0.2) is 97.1 Å². The molecule has 6 rings (SSSR count). The zero-order valence-corrected chi connectivity index (χ0v) is 43.7. The van der Waals surface area contributed by atoms with Gasteiger partial charge in [0.05, 0.1) is 159 Å². The van der Waals surface area contributed by atoms with Gasteiger partial charge in [0.25, 0.3) is 0 Å². The molecule has 2 aliphatic rings. The molecular formula is C57H78N2O16. The number of amides is 2. The second kappa shape index (κ2) is 36.8. The summed E-state index contributed by atoms with van der Waals surface area (Å²) < 4.78 is 77.8. The Morgan fingerprint density at radius 1 is 0.360 bits per heavy atom. The highest BCUT2D eigenvalue weighted by molar-refractivity contribution is 5.80. The zero-order valence-electron chi connectivity index (χ0n) is 43.7. The molecule has 18 nitrogen and oxygen atoms in total. The molecule has 1 N–H and O–H groups in total. The summed E-state index contributed by atoms with van der Waals surface area (Å²) in [4.78, 5) is 26.5. The zero-order chi connectivity index (χ0) is 52.2. The fourth-order valence-electron chi connectivity index (χ4n) is 8.39. The van der Waals surface area contributed by atoms with Crippen LogP contribution in [0.1, 0.15) is 34.1 Å². The Balaban J connectivity index is 0.578. The van der Waals surface area contributed by atoms with Crippen LogP contribution in [0, 0.1) is 0 Å². The monoisotopic (exact) mass is 1050 g/mol. The Hall–Kier alpha value is -5.06. The van der Waals surface area contributed by atoms with E-state index in [1.165, 1.54) is 49.4 Å². The fourth-order valence-corrected chi connectivity index (χ4v) is 8.39. The van der Waals surface area contributed by atoms with Crippen molar-refractivity contribution in [2.75, 3.05) is 192 Å². The smallest absolute Gasteiger partial charge is 0.409 e. The van der Waals surface area contributed by atoms with Gasteiger partial charge >= 0.3 is 12.2 Å². The molecule has 0 atom stereocenters. The Kier molecular flexibility index (Phi) is 29.1. The van der Waals surface area contributed by atoms with E-state index in [-0.39, 0.29) is 24.5 Å². The number of likely N-dealkylation sites (N-methyl/N-ethyl adjacent to an activating group) is 1. The molecule has 4 aromatic carbocycles. The number of benzene rings is 4. The molecule has 0 bridgehead atoms. The lowest BCUT2D eigenvalue weighted by molar-refractivity contribution is -0.0284. The minimum absolute atomic E-state index is 0.0291. The fraction of sp³-hybridized carbons (Fsp3) is 0.544. The molecule has 18 heteroatoms. The number of nitrogens with zero attached hydrogens (tertiary/aromatic N) is 1. The Labute approximate surface area is 442 Å². The number of carbonyl (C=O) groups excluding carboxylic acids is 2. The molecule has 75 heavy (non-hydrogen) atoms. The van der Waals surface area contributed by atoms with E-state index in [4.69, 9.17) is 66.3 Å². The van der Waals surface area contributed by atoms with E-state index in [2.05, 4.69) is 53.8 Å². The van der Waals surface area contributed by atoms with Gasteiger partial charge in [-0.2, -0.15) is 0 Å². The maximum absolute atomic E-state index is 12.7. The van der Waals surface area contributed by atoms with Gasteiger partial charge in [0.15, 0.2) is 0 Å². The first-order valence-corrected chi connectivity index (χ1v) is 26.2. The third-order valence-corrected chi connectivity index (χ3v) is 12.2. The van der Waals surface area contributed by atoms with Gasteiger partial charge in [-0.1, -0.05) is 97.1 Å². The predicted octanol–water partition coefficient (Wildman–Crippen LogP) is 6.61. The Bertz CT molecular complexity index is 2090. The molecular weight excluding hydrogens is 969 g/mol. The van der Waals surface area contributed by atoms with Crippen molar-refractivity contribution in [3.63, 3.8) is 0 Å². The number of hydrogen-bond acceptors (Lipinski definition) is 16. The quantitative estimate of drug-likeness (QED) is 0.0468. The average Bonchev–Trinajstić information content (AvgIpc) is 3.94. The minimum atomic E-state index is -0.458. The summed E-state index contributed by atoms with van der Waals surface area (Å²) >= 11 is 0. The van der Waals surface area contributed by atoms with Crippen molar-refractivity contribution in [1.82, 2.24) is 10.2 Å². The minimum Gasteiger partial charge on any atom is -0.449 e. The van der Waals surface area contributed by atoms with Crippen LogP contribution in [0.4, 0.5) is 9.59 Å². The lowest BCUT2D eigenvalue weighted by Gasteiger charge is -2.19. The van der Waals surface area contributed by atoms with E-state index < -0.39 is 6.09 Å². The van der Waals surface area contributed by atoms with Gasteiger partial charge in [0.1, 0.15) is 13.2 Å². The maximum atomic E-state index is 12.7. The average molecular weight is 1050 g/mol. The molecule has 412 valence electrons. The first kappa shape index (κ1) is 59.2. The summed E-state index contributed by atoms with van der Waals surface area (Å²) in [6, 6.07) is 33.1. The molecule has 0 saturated heterocycles. The molecule has 4 aromatic rings. The van der Waals surface area contributed by atoms with Gasteiger partial charge < -0.3 is 76.5 Å². The third kappa shape index (κ3) is 21.8. The predicted molar refractivity (Wildman–Crippen MR) is 281 cm³/mol. The van der Waals surface area contributed by atoms with E-state index in [1.807, 2.05) is 48.5 Å². The highest BCUT2D eigenvalue weighted by Gasteiger charge is 2.30. The van der Waals surface area contributed by atoms with Crippen LogP contribution in [-0.2, 0) is 66.3 Å². The lowest BCUT2D eigenvalue weighted by atomic mass is 9.98. The normalized spacial score (nSPS) is 12.6. The maximum Gasteiger partial charge on any atom is 0.409 e. The number of alkyl carbamates (subject to hydrolysis) is 1. The van der Waals surface area contributed by atoms with E-state index >= 15 is 0 Å². The number of hydrogen-bond donors (Lipinski definition) is 1. The number of ether oxygens (including phenoxy) is 14. The van der Waals surface area contributed by atoms with Crippen LogP contribution in [0.5, 0.6) is 0 Å². The molecule has 0 fully saturated rings. The molecule has 0 aliphatic heterocycles. The van der Waals surface area contributed by atoms with Crippen LogP contribution in [0.3, 0.4) is 0 Å². The first-order chi connectivity index (χ1) is 37.1. The van der Waals surface area contributed by atoms with Crippen molar-refractivity contribution in [2.24, 2.45) is 0 Å². The summed E-state index contributed by atoms with van der Waals surface area (Å²) in [6.07, 6.45) is -0.827. The largest absolute Gasteiger partial charge is 0.449 e. The van der Waals surface area contributed by atoms with Crippen LogP contribution in [-0.4, -0.2) is 209 Å². The van der Waals surface area contributed by atoms with Crippen LogP contribution in [0.2, 0.25) is 0 Å². The van der Waals surface area contributed by atoms with Crippen molar-refractivity contribution < 1.29 is 75.9 Å². The van der Waals surface area contributed by atoms with Crippen molar-refractivity contribution in [1.29, 1.82) is 0 Å². The van der Waals surface area contributed by atoms with Crippen molar-refractivity contribution in [2.45, 2.75) is 11.8 Å². The summed E-state index contributed by atoms with van der Waals surface area (Å²) in [5, 5.41) is 2.75. The summed E-state index contributed by atoms with van der Waals surface area (Å²) in [7, 11) is 1.71. The van der Waals surface area contributed by atoms with Gasteiger partial charge in [-0.25, -0.2) is 9.59 Å². The van der Waals surface area contributed by atoms with Crippen molar-refractivity contribution in [3.05, 3.63) is 119 Å². The second-order valence-electron chi connectivity index (χ2n) is 17.3. The molecule has 0 heterocycles. The molecule has 0 aromatic heterocycles. The number of fused-ring (bicyclic) bond motifs is 6. The van der Waals surface area contributed by atoms with Crippen LogP contribution < -0.4 is 5.32 Å². The van der Waals surface area contributed by atoms with Gasteiger partial charge in [-0.05, 0) is 44.5 Å². The third-order valence-electron chi connectivity index (χ3n) is 12.2. The van der Waals surface area contributed by atoms with Crippen LogP contribution in [0.25, 0.3) is 22.3 Å². The standard InChI is InChI=1S/C57H78N2O16/c1-59(57(61)75-45-55-52-16-8-4-12-48(52)49-13-5-9-17-53(49)55)19-21-63-23-25-65-27-29-67-31-33-69-35-37-71-39-41-73-43-42-72-40-38-70-36-34-68-32-30-66-28-26-64-24-22-62-20-18-58-56(60)74-44-54-50-14-6-2-10-46(50)47-11-3-7-15-51(47)54/h2-17,54-55H,18-45H2,1H3,(H,58,60). The summed E-state index contributed by atoms with van der Waals surface area (Å²) in [6.45, 7) is 12.2. The van der Waals surface area contributed by atoms with Gasteiger partial charge in [-0.3, -0.25) is 0 Å². The number of nitrogens with one attached hydrogen (secondary N) is 1. The van der Waals surface area contributed by atoms with Crippen LogP contribution >= 0.6 is 0 Å².